The molecule has 1 spiro atoms. The maximum atomic E-state index is 12.6. The summed E-state index contributed by atoms with van der Waals surface area (Å²) < 4.78 is 7.49. The highest BCUT2D eigenvalue weighted by atomic mass is 16.5. The van der Waals surface area contributed by atoms with E-state index in [2.05, 4.69) is 11.9 Å². The smallest absolute Gasteiger partial charge is 0.257 e. The zero-order chi connectivity index (χ0) is 22.3. The molecule has 2 heterocycles. The summed E-state index contributed by atoms with van der Waals surface area (Å²) in [5, 5.41) is 7.42. The average Bonchev–Trinajstić information content (AvgIpc) is 3.02. The van der Waals surface area contributed by atoms with E-state index in [0.29, 0.717) is 17.1 Å². The average molecular weight is 424 g/mol. The SMILES string of the molecule is C=CC(=O)N1CC2(CC(n3nc(-c4ccc(OC(C)C)cc4)c(C(=O)NC)c3N)C2)C1. The zero-order valence-corrected chi connectivity index (χ0v) is 18.2. The molecule has 8 heteroatoms. The van der Waals surface area contributed by atoms with Gasteiger partial charge in [-0.1, -0.05) is 6.58 Å². The standard InChI is InChI=1S/C23H29N5O3/c1-5-18(29)27-12-23(13-27)10-16(11-23)28-21(24)19(22(30)25-4)20(26-28)15-6-8-17(9-7-15)31-14(2)3/h5-9,14,16H,1,10-13,24H2,2-4H3,(H,25,30). The fraction of sp³-hybridized carbons (Fsp3) is 0.435. The summed E-state index contributed by atoms with van der Waals surface area (Å²) in [7, 11) is 1.58. The normalized spacial score (nSPS) is 17.2. The van der Waals surface area contributed by atoms with Crippen LogP contribution in [0.2, 0.25) is 0 Å². The van der Waals surface area contributed by atoms with E-state index in [-0.39, 0.29) is 29.4 Å². The van der Waals surface area contributed by atoms with Gasteiger partial charge in [-0.05, 0) is 57.0 Å². The maximum absolute atomic E-state index is 12.6. The first-order valence-corrected chi connectivity index (χ1v) is 10.6. The molecular formula is C23H29N5O3. The first-order chi connectivity index (χ1) is 14.8. The number of ether oxygens (including phenoxy) is 1. The van der Waals surface area contributed by atoms with E-state index >= 15 is 0 Å². The van der Waals surface area contributed by atoms with Gasteiger partial charge in [0.2, 0.25) is 5.91 Å². The Morgan fingerprint density at radius 3 is 2.48 bits per heavy atom. The van der Waals surface area contributed by atoms with Gasteiger partial charge in [0.15, 0.2) is 0 Å². The molecule has 8 nitrogen and oxygen atoms in total. The van der Waals surface area contributed by atoms with Gasteiger partial charge in [-0.25, -0.2) is 4.68 Å². The van der Waals surface area contributed by atoms with Crippen LogP contribution in [0.3, 0.4) is 0 Å². The summed E-state index contributed by atoms with van der Waals surface area (Å²) in [4.78, 5) is 26.1. The van der Waals surface area contributed by atoms with Crippen molar-refractivity contribution in [3.8, 4) is 17.0 Å². The van der Waals surface area contributed by atoms with Crippen molar-refractivity contribution in [2.45, 2.75) is 38.8 Å². The van der Waals surface area contributed by atoms with Crippen molar-refractivity contribution in [3.63, 3.8) is 0 Å². The van der Waals surface area contributed by atoms with Crippen molar-refractivity contribution >= 4 is 17.6 Å². The second kappa shape index (κ2) is 7.76. The van der Waals surface area contributed by atoms with Gasteiger partial charge in [0, 0.05) is 31.1 Å². The lowest BCUT2D eigenvalue weighted by molar-refractivity contribution is -0.148. The Balaban J connectivity index is 1.57. The first-order valence-electron chi connectivity index (χ1n) is 10.6. The fourth-order valence-corrected chi connectivity index (χ4v) is 4.66. The predicted molar refractivity (Wildman–Crippen MR) is 119 cm³/mol. The number of carbonyl (C=O) groups excluding carboxylic acids is 2. The molecule has 2 aliphatic rings. The Morgan fingerprint density at radius 2 is 1.94 bits per heavy atom. The molecule has 1 saturated carbocycles. The lowest BCUT2D eigenvalue weighted by atomic mass is 9.60. The fourth-order valence-electron chi connectivity index (χ4n) is 4.66. The van der Waals surface area contributed by atoms with Gasteiger partial charge in [0.25, 0.3) is 5.91 Å². The quantitative estimate of drug-likeness (QED) is 0.696. The highest BCUT2D eigenvalue weighted by molar-refractivity contribution is 6.04. The van der Waals surface area contributed by atoms with Crippen molar-refractivity contribution in [1.29, 1.82) is 0 Å². The van der Waals surface area contributed by atoms with Crippen molar-refractivity contribution in [2.24, 2.45) is 5.41 Å². The van der Waals surface area contributed by atoms with E-state index in [0.717, 1.165) is 37.2 Å². The summed E-state index contributed by atoms with van der Waals surface area (Å²) in [6.07, 6.45) is 3.20. The van der Waals surface area contributed by atoms with Gasteiger partial charge in [0.05, 0.1) is 12.1 Å². The van der Waals surface area contributed by atoms with Crippen LogP contribution in [-0.4, -0.2) is 52.7 Å². The molecule has 2 fully saturated rings. The number of benzene rings is 1. The summed E-state index contributed by atoms with van der Waals surface area (Å²) >= 11 is 0. The van der Waals surface area contributed by atoms with Crippen LogP contribution < -0.4 is 15.8 Å². The van der Waals surface area contributed by atoms with Crippen LogP contribution in [0.4, 0.5) is 5.82 Å². The Hall–Kier alpha value is -3.29. The summed E-state index contributed by atoms with van der Waals surface area (Å²) in [6.45, 7) is 8.97. The van der Waals surface area contributed by atoms with Crippen LogP contribution in [0.1, 0.15) is 43.1 Å². The first kappa shape index (κ1) is 21.0. The number of rotatable bonds is 6. The van der Waals surface area contributed by atoms with Crippen LogP contribution in [0, 0.1) is 5.41 Å². The molecule has 3 N–H and O–H groups in total. The van der Waals surface area contributed by atoms with E-state index < -0.39 is 0 Å². The van der Waals surface area contributed by atoms with Crippen molar-refractivity contribution in [2.75, 3.05) is 25.9 Å². The van der Waals surface area contributed by atoms with Crippen LogP contribution in [0.25, 0.3) is 11.3 Å². The number of nitrogens with one attached hydrogen (secondary N) is 1. The van der Waals surface area contributed by atoms with Gasteiger partial charge in [0.1, 0.15) is 22.8 Å². The molecule has 1 aliphatic heterocycles. The van der Waals surface area contributed by atoms with Gasteiger partial charge in [-0.15, -0.1) is 0 Å². The number of hydrogen-bond donors (Lipinski definition) is 2. The minimum Gasteiger partial charge on any atom is -0.491 e. The molecule has 0 unspecified atom stereocenters. The largest absolute Gasteiger partial charge is 0.491 e. The lowest BCUT2D eigenvalue weighted by Crippen LogP contribution is -2.63. The van der Waals surface area contributed by atoms with Crippen molar-refractivity contribution in [1.82, 2.24) is 20.0 Å². The van der Waals surface area contributed by atoms with E-state index in [1.807, 2.05) is 38.1 Å². The number of carbonyl (C=O) groups is 2. The number of anilines is 1. The Morgan fingerprint density at radius 1 is 1.29 bits per heavy atom. The van der Waals surface area contributed by atoms with Crippen LogP contribution in [0.15, 0.2) is 36.9 Å². The van der Waals surface area contributed by atoms with Gasteiger partial charge in [-0.3, -0.25) is 9.59 Å². The third kappa shape index (κ3) is 3.66. The zero-order valence-electron chi connectivity index (χ0n) is 18.2. The molecule has 0 bridgehead atoms. The highest BCUT2D eigenvalue weighted by Gasteiger charge is 2.54. The summed E-state index contributed by atoms with van der Waals surface area (Å²) in [5.74, 6) is 0.843. The number of hydrogen-bond acceptors (Lipinski definition) is 5. The molecule has 1 aromatic heterocycles. The minimum absolute atomic E-state index is 0.0261. The van der Waals surface area contributed by atoms with Crippen LogP contribution in [0.5, 0.6) is 5.75 Å². The van der Waals surface area contributed by atoms with Crippen LogP contribution in [-0.2, 0) is 4.79 Å². The van der Waals surface area contributed by atoms with Gasteiger partial charge >= 0.3 is 0 Å². The van der Waals surface area contributed by atoms with E-state index in [1.165, 1.54) is 6.08 Å². The predicted octanol–water partition coefficient (Wildman–Crippen LogP) is 2.63. The van der Waals surface area contributed by atoms with Gasteiger partial charge < -0.3 is 20.7 Å². The van der Waals surface area contributed by atoms with E-state index in [1.54, 1.807) is 16.6 Å². The number of nitrogens with two attached hydrogens (primary N) is 1. The lowest BCUT2D eigenvalue weighted by Gasteiger charge is -2.58. The molecule has 1 saturated heterocycles. The van der Waals surface area contributed by atoms with E-state index in [4.69, 9.17) is 15.6 Å². The summed E-state index contributed by atoms with van der Waals surface area (Å²) in [6, 6.07) is 7.64. The molecule has 2 aromatic rings. The molecule has 0 radical (unpaired) electrons. The Labute approximate surface area is 182 Å². The molecule has 31 heavy (non-hydrogen) atoms. The number of amides is 2. The van der Waals surface area contributed by atoms with Crippen LogP contribution >= 0.6 is 0 Å². The molecule has 1 aliphatic carbocycles. The van der Waals surface area contributed by atoms with E-state index in [9.17, 15) is 9.59 Å². The maximum Gasteiger partial charge on any atom is 0.257 e. The topological polar surface area (TPSA) is 102 Å². The van der Waals surface area contributed by atoms with Gasteiger partial charge in [-0.2, -0.15) is 5.10 Å². The van der Waals surface area contributed by atoms with Crippen molar-refractivity contribution in [3.05, 3.63) is 42.5 Å². The Bertz CT molecular complexity index is 1010. The second-order valence-corrected chi connectivity index (χ2v) is 8.78. The minimum atomic E-state index is -0.262. The number of nitrogen functional groups attached to an aromatic ring is 1. The third-order valence-electron chi connectivity index (χ3n) is 6.12. The number of likely N-dealkylation sites (tertiary alicyclic amines) is 1. The molecule has 0 atom stereocenters. The number of aromatic nitrogens is 2. The number of nitrogens with zero attached hydrogens (tertiary/aromatic N) is 3. The molecular weight excluding hydrogens is 394 g/mol. The highest BCUT2D eigenvalue weighted by Crippen LogP contribution is 2.54. The van der Waals surface area contributed by atoms with Crippen molar-refractivity contribution < 1.29 is 14.3 Å². The monoisotopic (exact) mass is 423 g/mol. The second-order valence-electron chi connectivity index (χ2n) is 8.78. The molecule has 1 aromatic carbocycles. The molecule has 164 valence electrons. The summed E-state index contributed by atoms with van der Waals surface area (Å²) in [5.41, 5.74) is 8.29. The third-order valence-corrected chi connectivity index (χ3v) is 6.12. The molecule has 2 amide bonds. The Kier molecular flexibility index (Phi) is 5.24. The molecule has 4 rings (SSSR count).